The summed E-state index contributed by atoms with van der Waals surface area (Å²) in [4.78, 5) is 12.5. The maximum Gasteiger partial charge on any atom is 0.239 e. The van der Waals surface area contributed by atoms with Gasteiger partial charge in [0.1, 0.15) is 5.82 Å². The van der Waals surface area contributed by atoms with Gasteiger partial charge in [0, 0.05) is 12.4 Å². The maximum atomic E-state index is 5.26. The van der Waals surface area contributed by atoms with E-state index in [1.54, 1.807) is 18.5 Å². The Morgan fingerprint density at radius 2 is 2.11 bits per heavy atom. The van der Waals surface area contributed by atoms with Crippen molar-refractivity contribution in [2.24, 2.45) is 5.84 Å². The van der Waals surface area contributed by atoms with Crippen molar-refractivity contribution in [3.8, 4) is 0 Å². The number of nitrogens with zero attached hydrogens (tertiary/aromatic N) is 3. The Balaban J connectivity index is 2.06. The minimum Gasteiger partial charge on any atom is -0.364 e. The van der Waals surface area contributed by atoms with Crippen LogP contribution in [0.3, 0.4) is 0 Å². The number of aromatic nitrogens is 3. The average molecular weight is 244 g/mol. The van der Waals surface area contributed by atoms with Crippen molar-refractivity contribution in [1.82, 2.24) is 15.0 Å². The summed E-state index contributed by atoms with van der Waals surface area (Å²) in [6, 6.07) is 5.82. The Bertz CT molecular complexity index is 513. The molecule has 0 saturated heterocycles. The number of anilines is 2. The number of aryl methyl sites for hydroxylation is 1. The Kier molecular flexibility index (Phi) is 4.03. The largest absolute Gasteiger partial charge is 0.364 e. The summed E-state index contributed by atoms with van der Waals surface area (Å²) >= 11 is 0. The van der Waals surface area contributed by atoms with E-state index in [0.717, 1.165) is 12.1 Å². The van der Waals surface area contributed by atoms with E-state index in [4.69, 9.17) is 5.84 Å². The zero-order valence-corrected chi connectivity index (χ0v) is 10.2. The minimum atomic E-state index is 0.386. The molecule has 0 unspecified atom stereocenters. The van der Waals surface area contributed by atoms with Crippen LogP contribution < -0.4 is 16.6 Å². The Hall–Kier alpha value is -2.21. The predicted octanol–water partition coefficient (Wildman–Crippen LogP) is 1.33. The molecular weight excluding hydrogens is 228 g/mol. The van der Waals surface area contributed by atoms with E-state index in [1.807, 2.05) is 6.07 Å². The van der Waals surface area contributed by atoms with Crippen LogP contribution in [0.5, 0.6) is 0 Å². The monoisotopic (exact) mass is 244 g/mol. The van der Waals surface area contributed by atoms with Crippen LogP contribution in [0.15, 0.2) is 30.6 Å². The molecular formula is C12H16N6. The third-order valence-electron chi connectivity index (χ3n) is 2.59. The van der Waals surface area contributed by atoms with E-state index in [2.05, 4.69) is 38.7 Å². The van der Waals surface area contributed by atoms with E-state index in [-0.39, 0.29) is 0 Å². The van der Waals surface area contributed by atoms with Crippen molar-refractivity contribution in [2.75, 3.05) is 10.7 Å². The molecule has 0 aliphatic heterocycles. The Labute approximate surface area is 106 Å². The molecule has 0 bridgehead atoms. The third kappa shape index (κ3) is 2.92. The molecule has 0 amide bonds. The number of hydrazine groups is 1. The number of nitrogens with two attached hydrogens (primary N) is 1. The fourth-order valence-electron chi connectivity index (χ4n) is 1.65. The molecule has 0 aromatic carbocycles. The first-order chi connectivity index (χ1) is 8.83. The number of hydrogen-bond donors (Lipinski definition) is 3. The van der Waals surface area contributed by atoms with E-state index < -0.39 is 0 Å². The van der Waals surface area contributed by atoms with Crippen LogP contribution in [0.25, 0.3) is 0 Å². The van der Waals surface area contributed by atoms with Crippen LogP contribution in [-0.2, 0) is 13.0 Å². The molecule has 2 aromatic rings. The van der Waals surface area contributed by atoms with Gasteiger partial charge in [-0.1, -0.05) is 13.0 Å². The summed E-state index contributed by atoms with van der Waals surface area (Å²) in [6.45, 7) is 2.74. The lowest BCUT2D eigenvalue weighted by Crippen LogP contribution is -2.12. The van der Waals surface area contributed by atoms with Crippen LogP contribution in [0, 0.1) is 0 Å². The number of nitrogen functional groups attached to an aromatic ring is 1. The fraction of sp³-hybridized carbons (Fsp3) is 0.250. The summed E-state index contributed by atoms with van der Waals surface area (Å²) < 4.78 is 0. The molecule has 18 heavy (non-hydrogen) atoms. The summed E-state index contributed by atoms with van der Waals surface area (Å²) in [6.07, 6.45) is 4.40. The van der Waals surface area contributed by atoms with Gasteiger partial charge >= 0.3 is 0 Å². The van der Waals surface area contributed by atoms with Gasteiger partial charge in [-0.25, -0.2) is 10.8 Å². The third-order valence-corrected chi connectivity index (χ3v) is 2.59. The molecule has 0 aliphatic carbocycles. The van der Waals surface area contributed by atoms with Gasteiger partial charge in [0.15, 0.2) is 0 Å². The molecule has 0 radical (unpaired) electrons. The van der Waals surface area contributed by atoms with E-state index >= 15 is 0 Å². The second-order valence-electron chi connectivity index (χ2n) is 3.73. The molecule has 0 fully saturated rings. The molecule has 0 atom stereocenters. The highest BCUT2D eigenvalue weighted by Gasteiger charge is 2.02. The quantitative estimate of drug-likeness (QED) is 0.543. The highest BCUT2D eigenvalue weighted by molar-refractivity contribution is 5.39. The molecule has 2 heterocycles. The molecule has 0 saturated carbocycles. The van der Waals surface area contributed by atoms with Crippen molar-refractivity contribution in [1.29, 1.82) is 0 Å². The van der Waals surface area contributed by atoms with Crippen LogP contribution >= 0.6 is 0 Å². The van der Waals surface area contributed by atoms with Crippen molar-refractivity contribution >= 4 is 11.8 Å². The number of pyridine rings is 1. The fourth-order valence-corrected chi connectivity index (χ4v) is 1.65. The molecule has 0 spiro atoms. The van der Waals surface area contributed by atoms with Gasteiger partial charge < -0.3 is 5.32 Å². The van der Waals surface area contributed by atoms with Gasteiger partial charge in [0.05, 0.1) is 12.2 Å². The number of nitrogens with one attached hydrogen (secondary N) is 2. The van der Waals surface area contributed by atoms with Crippen LogP contribution in [0.1, 0.15) is 18.2 Å². The molecule has 94 valence electrons. The number of hydrogen-bond acceptors (Lipinski definition) is 6. The lowest BCUT2D eigenvalue weighted by Gasteiger charge is -2.09. The maximum absolute atomic E-state index is 5.26. The van der Waals surface area contributed by atoms with Gasteiger partial charge in [0.2, 0.25) is 5.95 Å². The molecule has 0 aliphatic rings. The summed E-state index contributed by atoms with van der Waals surface area (Å²) in [7, 11) is 0. The number of rotatable bonds is 5. The van der Waals surface area contributed by atoms with Gasteiger partial charge in [-0.2, -0.15) is 4.98 Å². The first-order valence-electron chi connectivity index (χ1n) is 5.79. The second-order valence-corrected chi connectivity index (χ2v) is 3.73. The van der Waals surface area contributed by atoms with Gasteiger partial charge in [-0.3, -0.25) is 10.4 Å². The summed E-state index contributed by atoms with van der Waals surface area (Å²) in [5.74, 6) is 6.36. The van der Waals surface area contributed by atoms with E-state index in [0.29, 0.717) is 18.3 Å². The average Bonchev–Trinajstić information content (AvgIpc) is 2.45. The van der Waals surface area contributed by atoms with Crippen LogP contribution in [0.4, 0.5) is 11.8 Å². The zero-order valence-electron chi connectivity index (χ0n) is 10.2. The zero-order chi connectivity index (χ0) is 12.8. The normalized spacial score (nSPS) is 10.1. The molecule has 2 rings (SSSR count). The van der Waals surface area contributed by atoms with E-state index in [9.17, 15) is 0 Å². The van der Waals surface area contributed by atoms with Gasteiger partial charge in [0.25, 0.3) is 0 Å². The van der Waals surface area contributed by atoms with Gasteiger partial charge in [-0.15, -0.1) is 0 Å². The van der Waals surface area contributed by atoms with Gasteiger partial charge in [-0.05, 0) is 24.1 Å². The highest BCUT2D eigenvalue weighted by Crippen LogP contribution is 2.10. The van der Waals surface area contributed by atoms with Crippen molar-refractivity contribution < 1.29 is 0 Å². The predicted molar refractivity (Wildman–Crippen MR) is 70.8 cm³/mol. The summed E-state index contributed by atoms with van der Waals surface area (Å²) in [5.41, 5.74) is 4.67. The minimum absolute atomic E-state index is 0.386. The first kappa shape index (κ1) is 12.3. The Morgan fingerprint density at radius 3 is 2.89 bits per heavy atom. The van der Waals surface area contributed by atoms with Crippen molar-refractivity contribution in [3.05, 3.63) is 41.9 Å². The second kappa shape index (κ2) is 5.92. The van der Waals surface area contributed by atoms with Crippen molar-refractivity contribution in [3.63, 3.8) is 0 Å². The Morgan fingerprint density at radius 1 is 1.22 bits per heavy atom. The SMILES string of the molecule is CCc1cccnc1CNc1ccnc(NN)n1. The molecule has 6 heteroatoms. The molecule has 6 nitrogen and oxygen atoms in total. The van der Waals surface area contributed by atoms with Crippen LogP contribution in [0.2, 0.25) is 0 Å². The smallest absolute Gasteiger partial charge is 0.239 e. The van der Waals surface area contributed by atoms with E-state index in [1.165, 1.54) is 5.56 Å². The highest BCUT2D eigenvalue weighted by atomic mass is 15.3. The lowest BCUT2D eigenvalue weighted by atomic mass is 10.1. The topological polar surface area (TPSA) is 88.8 Å². The van der Waals surface area contributed by atoms with Crippen LogP contribution in [-0.4, -0.2) is 15.0 Å². The summed E-state index contributed by atoms with van der Waals surface area (Å²) in [5, 5.41) is 3.20. The lowest BCUT2D eigenvalue weighted by molar-refractivity contribution is 0.961. The molecule has 4 N–H and O–H groups in total. The first-order valence-corrected chi connectivity index (χ1v) is 5.79. The standard InChI is InChI=1S/C12H16N6/c1-2-9-4-3-6-14-10(9)8-16-11-5-7-15-12(17-11)18-13/h3-7H,2,8,13H2,1H3,(H2,15,16,17,18). The molecule has 2 aromatic heterocycles. The van der Waals surface area contributed by atoms with Crippen molar-refractivity contribution in [2.45, 2.75) is 19.9 Å².